The van der Waals surface area contributed by atoms with E-state index < -0.39 is 0 Å². The van der Waals surface area contributed by atoms with E-state index in [4.69, 9.17) is 14.2 Å². The zero-order valence-electron chi connectivity index (χ0n) is 26.4. The van der Waals surface area contributed by atoms with Crippen LogP contribution in [0.4, 0.5) is 0 Å². The fourth-order valence-corrected chi connectivity index (χ4v) is 4.96. The summed E-state index contributed by atoms with van der Waals surface area (Å²) < 4.78 is 17.6. The van der Waals surface area contributed by atoms with E-state index in [-0.39, 0.29) is 12.1 Å². The molecule has 0 aromatic heterocycles. The second-order valence-corrected chi connectivity index (χ2v) is 11.7. The Bertz CT molecular complexity index is 1140. The molecule has 0 amide bonds. The van der Waals surface area contributed by atoms with Crippen molar-refractivity contribution in [2.75, 3.05) is 6.61 Å². The quantitative estimate of drug-likeness (QED) is 0.0767. The van der Waals surface area contributed by atoms with Gasteiger partial charge in [0.1, 0.15) is 17.2 Å². The second kappa shape index (κ2) is 19.0. The number of hydrogen-bond donors (Lipinski definition) is 0. The molecule has 3 aromatic carbocycles. The predicted octanol–water partition coefficient (Wildman–Crippen LogP) is 11.1. The highest BCUT2D eigenvalue weighted by Gasteiger charge is 2.11. The lowest BCUT2D eigenvalue weighted by molar-refractivity contribution is 0.0734. The maximum atomic E-state index is 12.7. The van der Waals surface area contributed by atoms with E-state index in [1.165, 1.54) is 64.2 Å². The first kappa shape index (κ1) is 33.2. The smallest absolute Gasteiger partial charge is 0.343 e. The Morgan fingerprint density at radius 1 is 0.619 bits per heavy atom. The number of esters is 1. The fourth-order valence-electron chi connectivity index (χ4n) is 4.96. The summed E-state index contributed by atoms with van der Waals surface area (Å²) in [5, 5.41) is 0. The summed E-state index contributed by atoms with van der Waals surface area (Å²) in [5.41, 5.74) is 2.65. The molecule has 3 aromatic rings. The summed E-state index contributed by atoms with van der Waals surface area (Å²) >= 11 is 0. The first-order valence-corrected chi connectivity index (χ1v) is 16.3. The molecule has 3 rings (SSSR count). The number of carbonyl (C=O) groups excluding carboxylic acids is 1. The SMILES string of the molecule is CCCCCC[C@@H](C)Oc1ccc(C(=O)Oc2ccc(-c3ccc(OCCCCCCC[C@@H](C)CC)cc3)cc2)cc1. The highest BCUT2D eigenvalue weighted by Crippen LogP contribution is 2.26. The molecule has 0 saturated heterocycles. The molecule has 0 N–H and O–H groups in total. The monoisotopic (exact) mass is 572 g/mol. The lowest BCUT2D eigenvalue weighted by Gasteiger charge is -2.14. The van der Waals surface area contributed by atoms with Gasteiger partial charge in [0.15, 0.2) is 0 Å². The minimum atomic E-state index is -0.380. The van der Waals surface area contributed by atoms with Crippen molar-refractivity contribution >= 4 is 5.97 Å². The Kier molecular flexibility index (Phi) is 15.1. The fraction of sp³-hybridized carbons (Fsp3) is 0.500. The third-order valence-corrected chi connectivity index (χ3v) is 7.95. The maximum Gasteiger partial charge on any atom is 0.343 e. The van der Waals surface area contributed by atoms with Gasteiger partial charge in [0.25, 0.3) is 0 Å². The average Bonchev–Trinajstić information content (AvgIpc) is 3.01. The van der Waals surface area contributed by atoms with Gasteiger partial charge in [0, 0.05) is 0 Å². The minimum absolute atomic E-state index is 0.158. The molecule has 0 saturated carbocycles. The van der Waals surface area contributed by atoms with Gasteiger partial charge in [-0.25, -0.2) is 4.79 Å². The second-order valence-electron chi connectivity index (χ2n) is 11.7. The van der Waals surface area contributed by atoms with E-state index in [1.54, 1.807) is 12.1 Å². The first-order chi connectivity index (χ1) is 20.5. The molecule has 0 unspecified atom stereocenters. The van der Waals surface area contributed by atoms with E-state index in [0.717, 1.165) is 48.0 Å². The van der Waals surface area contributed by atoms with Gasteiger partial charge in [-0.3, -0.25) is 0 Å². The molecule has 2 atom stereocenters. The molecular weight excluding hydrogens is 520 g/mol. The molecule has 0 fully saturated rings. The van der Waals surface area contributed by atoms with Crippen LogP contribution in [0.3, 0.4) is 0 Å². The number of rotatable bonds is 20. The van der Waals surface area contributed by atoms with E-state index in [0.29, 0.717) is 11.3 Å². The van der Waals surface area contributed by atoms with Crippen molar-refractivity contribution in [3.63, 3.8) is 0 Å². The molecule has 0 bridgehead atoms. The van der Waals surface area contributed by atoms with Gasteiger partial charge >= 0.3 is 5.97 Å². The minimum Gasteiger partial charge on any atom is -0.494 e. The van der Waals surface area contributed by atoms with Gasteiger partial charge in [0.05, 0.1) is 18.3 Å². The van der Waals surface area contributed by atoms with Crippen LogP contribution in [0.25, 0.3) is 11.1 Å². The van der Waals surface area contributed by atoms with Crippen molar-refractivity contribution in [2.24, 2.45) is 5.92 Å². The van der Waals surface area contributed by atoms with Crippen LogP contribution < -0.4 is 14.2 Å². The highest BCUT2D eigenvalue weighted by atomic mass is 16.5. The van der Waals surface area contributed by atoms with Gasteiger partial charge in [-0.2, -0.15) is 0 Å². The first-order valence-electron chi connectivity index (χ1n) is 16.3. The van der Waals surface area contributed by atoms with E-state index >= 15 is 0 Å². The van der Waals surface area contributed by atoms with Gasteiger partial charge < -0.3 is 14.2 Å². The molecule has 4 nitrogen and oxygen atoms in total. The number of hydrogen-bond acceptors (Lipinski definition) is 4. The number of carbonyl (C=O) groups is 1. The third-order valence-electron chi connectivity index (χ3n) is 7.95. The summed E-state index contributed by atoms with van der Waals surface area (Å²) in [6, 6.07) is 23.0. The van der Waals surface area contributed by atoms with Crippen molar-refractivity contribution < 1.29 is 19.0 Å². The molecule has 0 aliphatic heterocycles. The Morgan fingerprint density at radius 2 is 1.17 bits per heavy atom. The summed E-state index contributed by atoms with van der Waals surface area (Å²) in [4.78, 5) is 12.7. The average molecular weight is 573 g/mol. The summed E-state index contributed by atoms with van der Waals surface area (Å²) in [6.07, 6.45) is 15.1. The summed E-state index contributed by atoms with van der Waals surface area (Å²) in [7, 11) is 0. The molecule has 0 aliphatic carbocycles. The topological polar surface area (TPSA) is 44.8 Å². The molecule has 0 spiro atoms. The van der Waals surface area contributed by atoms with Gasteiger partial charge in [-0.05, 0) is 91.8 Å². The Hall–Kier alpha value is -3.27. The molecule has 4 heteroatoms. The summed E-state index contributed by atoms with van der Waals surface area (Å²) in [5.74, 6) is 2.68. The predicted molar refractivity (Wildman–Crippen MR) is 175 cm³/mol. The van der Waals surface area contributed by atoms with E-state index in [2.05, 4.69) is 39.8 Å². The van der Waals surface area contributed by atoms with Crippen molar-refractivity contribution in [1.82, 2.24) is 0 Å². The van der Waals surface area contributed by atoms with E-state index in [1.807, 2.05) is 48.5 Å². The van der Waals surface area contributed by atoms with Crippen molar-refractivity contribution in [3.05, 3.63) is 78.4 Å². The van der Waals surface area contributed by atoms with Crippen molar-refractivity contribution in [3.8, 4) is 28.4 Å². The van der Waals surface area contributed by atoms with Crippen molar-refractivity contribution in [2.45, 2.75) is 111 Å². The maximum absolute atomic E-state index is 12.7. The third kappa shape index (κ3) is 12.3. The zero-order valence-corrected chi connectivity index (χ0v) is 26.4. The number of ether oxygens (including phenoxy) is 3. The largest absolute Gasteiger partial charge is 0.494 e. The van der Waals surface area contributed by atoms with Crippen LogP contribution in [0.15, 0.2) is 72.8 Å². The Morgan fingerprint density at radius 3 is 1.81 bits per heavy atom. The zero-order chi connectivity index (χ0) is 30.0. The Balaban J connectivity index is 1.38. The number of unbranched alkanes of at least 4 members (excludes halogenated alkanes) is 7. The van der Waals surface area contributed by atoms with Crippen LogP contribution in [0.2, 0.25) is 0 Å². The Labute approximate surface area is 254 Å². The molecular formula is C38H52O4. The highest BCUT2D eigenvalue weighted by molar-refractivity contribution is 5.91. The lowest BCUT2D eigenvalue weighted by Crippen LogP contribution is -2.12. The van der Waals surface area contributed by atoms with E-state index in [9.17, 15) is 4.79 Å². The lowest BCUT2D eigenvalue weighted by atomic mass is 10.0. The van der Waals surface area contributed by atoms with Crippen LogP contribution in [0.5, 0.6) is 17.2 Å². The van der Waals surface area contributed by atoms with Gasteiger partial charge in [-0.15, -0.1) is 0 Å². The standard InChI is InChI=1S/C38H52O4/c1-5-7-8-13-16-31(4)41-36-27-21-34(22-28-36)38(39)42-37-25-19-33(20-26-37)32-17-23-35(24-18-32)40-29-14-11-9-10-12-15-30(3)6-2/h17-28,30-31H,5-16,29H2,1-4H3/t30-,31+/m0/s1. The molecule has 42 heavy (non-hydrogen) atoms. The van der Waals surface area contributed by atoms with Crippen LogP contribution >= 0.6 is 0 Å². The van der Waals surface area contributed by atoms with Crippen LogP contribution in [0.1, 0.15) is 115 Å². The van der Waals surface area contributed by atoms with Crippen molar-refractivity contribution in [1.29, 1.82) is 0 Å². The normalized spacial score (nSPS) is 12.5. The van der Waals surface area contributed by atoms with Crippen LogP contribution in [-0.4, -0.2) is 18.7 Å². The molecule has 0 heterocycles. The van der Waals surface area contributed by atoms with Gasteiger partial charge in [0.2, 0.25) is 0 Å². The number of benzene rings is 3. The molecule has 0 aliphatic rings. The van der Waals surface area contributed by atoms with Crippen LogP contribution in [0, 0.1) is 5.92 Å². The van der Waals surface area contributed by atoms with Crippen LogP contribution in [-0.2, 0) is 0 Å². The van der Waals surface area contributed by atoms with Gasteiger partial charge in [-0.1, -0.05) is 103 Å². The summed E-state index contributed by atoms with van der Waals surface area (Å²) in [6.45, 7) is 9.70. The molecule has 228 valence electrons. The molecule has 0 radical (unpaired) electrons.